The molecule has 0 bridgehead atoms. The molecular weight excluding hydrogens is 506 g/mol. The van der Waals surface area contributed by atoms with Crippen molar-refractivity contribution in [1.29, 1.82) is 5.26 Å². The number of hydrogen-bond acceptors (Lipinski definition) is 7. The van der Waals surface area contributed by atoms with Crippen molar-refractivity contribution in [1.82, 2.24) is 14.9 Å². The van der Waals surface area contributed by atoms with Crippen molar-refractivity contribution < 1.29 is 31.8 Å². The molecule has 1 aromatic carbocycles. The lowest BCUT2D eigenvalue weighted by molar-refractivity contribution is -0.0499. The van der Waals surface area contributed by atoms with E-state index in [1.807, 2.05) is 13.0 Å². The highest BCUT2D eigenvalue weighted by Gasteiger charge is 2.37. The van der Waals surface area contributed by atoms with Gasteiger partial charge in [0.2, 0.25) is 0 Å². The Morgan fingerprint density at radius 2 is 2.03 bits per heavy atom. The Labute approximate surface area is 215 Å². The average molecular weight is 539 g/mol. The van der Waals surface area contributed by atoms with Crippen LogP contribution in [0.3, 0.4) is 0 Å². The fourth-order valence-corrected chi connectivity index (χ4v) is 5.76. The quantitative estimate of drug-likeness (QED) is 0.474. The number of rotatable bonds is 10. The number of halogens is 2. The van der Waals surface area contributed by atoms with Crippen LogP contribution >= 0.6 is 0 Å². The van der Waals surface area contributed by atoms with Gasteiger partial charge in [-0.1, -0.05) is 26.3 Å². The minimum atomic E-state index is -3.21. The van der Waals surface area contributed by atoms with Crippen molar-refractivity contribution in [2.75, 3.05) is 12.8 Å². The van der Waals surface area contributed by atoms with Crippen LogP contribution in [0.2, 0.25) is 0 Å². The SMILES string of the molecule is CCCc1ccc(-n2c(CC)nc(C(=O)NCC3(O)CCC(S(C)(=O)=O)CC3)c2C#N)c(OC(F)F)c1. The van der Waals surface area contributed by atoms with E-state index in [4.69, 9.17) is 4.74 Å². The molecular formula is C25H32F2N4O5S. The van der Waals surface area contributed by atoms with E-state index in [0.717, 1.165) is 12.0 Å². The van der Waals surface area contributed by atoms with Crippen molar-refractivity contribution in [3.63, 3.8) is 0 Å². The number of nitrogens with zero attached hydrogens (tertiary/aromatic N) is 3. The predicted octanol–water partition coefficient (Wildman–Crippen LogP) is 3.31. The number of alkyl halides is 2. The Balaban J connectivity index is 1.89. The number of sulfone groups is 1. The highest BCUT2D eigenvalue weighted by atomic mass is 32.2. The molecule has 1 saturated carbocycles. The molecule has 0 aliphatic heterocycles. The zero-order valence-corrected chi connectivity index (χ0v) is 21.9. The first kappa shape index (κ1) is 28.5. The summed E-state index contributed by atoms with van der Waals surface area (Å²) >= 11 is 0. The van der Waals surface area contributed by atoms with Crippen LogP contribution < -0.4 is 10.1 Å². The number of ether oxygens (including phenoxy) is 1. The molecule has 1 heterocycles. The lowest BCUT2D eigenvalue weighted by Crippen LogP contribution is -2.47. The number of aromatic nitrogens is 2. The molecule has 0 saturated heterocycles. The number of hydrogen-bond donors (Lipinski definition) is 2. The molecule has 12 heteroatoms. The normalized spacial score (nSPS) is 20.0. The first-order valence-corrected chi connectivity index (χ1v) is 14.2. The maximum atomic E-state index is 13.2. The number of aliphatic hydroxyl groups is 1. The van der Waals surface area contributed by atoms with Crippen molar-refractivity contribution in [3.05, 3.63) is 41.0 Å². The lowest BCUT2D eigenvalue weighted by atomic mass is 9.84. The van der Waals surface area contributed by atoms with Crippen LogP contribution in [0.1, 0.15) is 73.5 Å². The molecule has 37 heavy (non-hydrogen) atoms. The van der Waals surface area contributed by atoms with Crippen molar-refractivity contribution >= 4 is 15.7 Å². The first-order valence-electron chi connectivity index (χ1n) is 12.2. The Hall–Kier alpha value is -3.04. The van der Waals surface area contributed by atoms with E-state index >= 15 is 0 Å². The van der Waals surface area contributed by atoms with E-state index in [1.54, 1.807) is 19.1 Å². The standard InChI is InChI=1S/C25H32F2N4O5S/c1-4-6-16-7-8-18(20(13-16)36-24(26)27)31-19(14-28)22(30-21(31)5-2)23(32)29-15-25(33)11-9-17(10-12-25)37(3,34)35/h7-8,13,17,24,33H,4-6,9-12,15H2,1-3H3,(H,29,32). The maximum Gasteiger partial charge on any atom is 0.387 e. The van der Waals surface area contributed by atoms with Crippen molar-refractivity contribution in [2.24, 2.45) is 0 Å². The summed E-state index contributed by atoms with van der Waals surface area (Å²) in [6.07, 6.45) is 3.87. The molecule has 0 atom stereocenters. The number of imidazole rings is 1. The number of benzene rings is 1. The molecule has 0 unspecified atom stereocenters. The predicted molar refractivity (Wildman–Crippen MR) is 133 cm³/mol. The molecule has 1 aliphatic carbocycles. The van der Waals surface area contributed by atoms with Gasteiger partial charge in [-0.05, 0) is 49.8 Å². The van der Waals surface area contributed by atoms with E-state index in [9.17, 15) is 32.4 Å². The van der Waals surface area contributed by atoms with E-state index < -0.39 is 33.2 Å². The van der Waals surface area contributed by atoms with Gasteiger partial charge in [-0.25, -0.2) is 13.4 Å². The summed E-state index contributed by atoms with van der Waals surface area (Å²) in [7, 11) is -3.21. The highest BCUT2D eigenvalue weighted by Crippen LogP contribution is 2.32. The molecule has 1 fully saturated rings. The van der Waals surface area contributed by atoms with Crippen molar-refractivity contribution in [3.8, 4) is 17.5 Å². The van der Waals surface area contributed by atoms with Gasteiger partial charge in [0.25, 0.3) is 5.91 Å². The summed E-state index contributed by atoms with van der Waals surface area (Å²) in [5.74, 6) is -0.535. The Bertz CT molecular complexity index is 1280. The van der Waals surface area contributed by atoms with Crippen LogP contribution in [-0.2, 0) is 22.7 Å². The minimum absolute atomic E-state index is 0.131. The second kappa shape index (κ2) is 11.6. The molecule has 1 aliphatic rings. The van der Waals surface area contributed by atoms with Gasteiger partial charge in [0, 0.05) is 19.2 Å². The Kier molecular flexibility index (Phi) is 8.92. The number of nitriles is 1. The number of carbonyl (C=O) groups is 1. The lowest BCUT2D eigenvalue weighted by Gasteiger charge is -2.35. The third kappa shape index (κ3) is 6.64. The van der Waals surface area contributed by atoms with Gasteiger partial charge in [-0.15, -0.1) is 0 Å². The fourth-order valence-electron chi connectivity index (χ4n) is 4.66. The summed E-state index contributed by atoms with van der Waals surface area (Å²) in [5, 5.41) is 22.9. The van der Waals surface area contributed by atoms with Crippen LogP contribution in [0.15, 0.2) is 18.2 Å². The summed E-state index contributed by atoms with van der Waals surface area (Å²) in [6, 6.07) is 6.76. The van der Waals surface area contributed by atoms with Crippen LogP contribution in [0, 0.1) is 11.3 Å². The van der Waals surface area contributed by atoms with Crippen LogP contribution in [0.4, 0.5) is 8.78 Å². The van der Waals surface area contributed by atoms with Gasteiger partial charge in [-0.2, -0.15) is 14.0 Å². The van der Waals surface area contributed by atoms with Gasteiger partial charge >= 0.3 is 6.61 Å². The summed E-state index contributed by atoms with van der Waals surface area (Å²) in [6.45, 7) is 0.478. The zero-order valence-electron chi connectivity index (χ0n) is 21.1. The number of amides is 1. The van der Waals surface area contributed by atoms with Crippen LogP contribution in [0.25, 0.3) is 5.69 Å². The Morgan fingerprint density at radius 1 is 1.35 bits per heavy atom. The molecule has 3 rings (SSSR count). The number of carbonyl (C=O) groups excluding carboxylic acids is 1. The molecule has 9 nitrogen and oxygen atoms in total. The summed E-state index contributed by atoms with van der Waals surface area (Å²) < 4.78 is 56.1. The number of nitrogens with one attached hydrogen (secondary N) is 1. The van der Waals surface area contributed by atoms with Crippen molar-refractivity contribution in [2.45, 2.75) is 76.3 Å². The third-order valence-electron chi connectivity index (χ3n) is 6.65. The van der Waals surface area contributed by atoms with Crippen LogP contribution in [-0.4, -0.2) is 59.2 Å². The average Bonchev–Trinajstić information content (AvgIpc) is 3.21. The summed E-state index contributed by atoms with van der Waals surface area (Å²) in [4.78, 5) is 17.4. The molecule has 0 radical (unpaired) electrons. The largest absolute Gasteiger partial charge is 0.433 e. The smallest absolute Gasteiger partial charge is 0.387 e. The first-order chi connectivity index (χ1) is 17.4. The molecule has 1 amide bonds. The fraction of sp³-hybridized carbons (Fsp3) is 0.560. The monoisotopic (exact) mass is 538 g/mol. The van der Waals surface area contributed by atoms with E-state index in [0.29, 0.717) is 18.7 Å². The van der Waals surface area contributed by atoms with Gasteiger partial charge in [0.05, 0.1) is 16.5 Å². The third-order valence-corrected chi connectivity index (χ3v) is 8.33. The molecule has 0 spiro atoms. The molecule has 2 aromatic rings. The van der Waals surface area contributed by atoms with Gasteiger partial charge in [0.15, 0.2) is 11.4 Å². The van der Waals surface area contributed by atoms with Crippen LogP contribution in [0.5, 0.6) is 5.75 Å². The van der Waals surface area contributed by atoms with Gasteiger partial charge < -0.3 is 15.2 Å². The topological polar surface area (TPSA) is 134 Å². The summed E-state index contributed by atoms with van der Waals surface area (Å²) in [5.41, 5.74) is -0.682. The van der Waals surface area contributed by atoms with Gasteiger partial charge in [-0.3, -0.25) is 9.36 Å². The molecule has 1 aromatic heterocycles. The second-order valence-electron chi connectivity index (χ2n) is 9.39. The molecule has 202 valence electrons. The second-order valence-corrected chi connectivity index (χ2v) is 11.7. The minimum Gasteiger partial charge on any atom is -0.433 e. The highest BCUT2D eigenvalue weighted by molar-refractivity contribution is 7.91. The van der Waals surface area contributed by atoms with E-state index in [2.05, 4.69) is 10.3 Å². The molecule has 2 N–H and O–H groups in total. The van der Waals surface area contributed by atoms with E-state index in [-0.39, 0.29) is 55.1 Å². The van der Waals surface area contributed by atoms with E-state index in [1.165, 1.54) is 16.9 Å². The zero-order chi connectivity index (χ0) is 27.4. The Morgan fingerprint density at radius 3 is 2.57 bits per heavy atom. The maximum absolute atomic E-state index is 13.2. The number of aryl methyl sites for hydroxylation is 2. The van der Waals surface area contributed by atoms with Gasteiger partial charge in [0.1, 0.15) is 27.5 Å².